The molecule has 1 aliphatic heterocycles. The fourth-order valence-electron chi connectivity index (χ4n) is 3.01. The van der Waals surface area contributed by atoms with Gasteiger partial charge in [-0.1, -0.05) is 0 Å². The van der Waals surface area contributed by atoms with Crippen LogP contribution in [-0.2, 0) is 32.2 Å². The summed E-state index contributed by atoms with van der Waals surface area (Å²) in [5.74, 6) is -0.214. The molecule has 0 aromatic carbocycles. The number of aliphatic hydroxyl groups is 1. The van der Waals surface area contributed by atoms with Crippen molar-refractivity contribution < 1.29 is 52.0 Å². The molecular formula is C13H20N5O12P2-. The first-order valence-electron chi connectivity index (χ1n) is 8.81. The zero-order chi connectivity index (χ0) is 23.7. The van der Waals surface area contributed by atoms with E-state index in [9.17, 15) is 28.8 Å². The molecule has 6 atom stereocenters. The van der Waals surface area contributed by atoms with Gasteiger partial charge in [0.25, 0.3) is 13.4 Å². The number of aromatic amines is 1. The van der Waals surface area contributed by atoms with E-state index in [0.29, 0.717) is 0 Å². The number of methoxy groups -OCH3 is 1. The molecule has 2 aromatic rings. The molecule has 0 amide bonds. The van der Waals surface area contributed by atoms with Gasteiger partial charge in [0.15, 0.2) is 17.4 Å². The molecule has 3 unspecified atom stereocenters. The second-order valence-electron chi connectivity index (χ2n) is 6.47. The highest BCUT2D eigenvalue weighted by atomic mass is 31.3. The van der Waals surface area contributed by atoms with Gasteiger partial charge in [-0.2, -0.15) is 4.98 Å². The van der Waals surface area contributed by atoms with E-state index >= 15 is 0 Å². The van der Waals surface area contributed by atoms with Gasteiger partial charge in [-0.05, 0) is 0 Å². The van der Waals surface area contributed by atoms with Crippen molar-refractivity contribution in [1.29, 1.82) is 0 Å². The Labute approximate surface area is 178 Å². The van der Waals surface area contributed by atoms with Gasteiger partial charge in [0.2, 0.25) is 5.95 Å². The van der Waals surface area contributed by atoms with Gasteiger partial charge in [0, 0.05) is 7.11 Å². The monoisotopic (exact) mass is 500 g/mol. The Bertz CT molecular complexity index is 1100. The number of anilines is 1. The Morgan fingerprint density at radius 1 is 1.38 bits per heavy atom. The smallest absolute Gasteiger partial charge is 0.478 e. The molecule has 180 valence electrons. The third-order valence-electron chi connectivity index (χ3n) is 4.24. The third-order valence-corrected chi connectivity index (χ3v) is 6.37. The lowest BCUT2D eigenvalue weighted by Crippen LogP contribution is -2.37. The third kappa shape index (κ3) is 5.78. The molecule has 3 heterocycles. The van der Waals surface area contributed by atoms with E-state index in [4.69, 9.17) is 24.8 Å². The fraction of sp³-hybridized carbons (Fsp3) is 0.615. The predicted octanol–water partition coefficient (Wildman–Crippen LogP) is -2.41. The Kier molecular flexibility index (Phi) is 7.48. The molecule has 2 aromatic heterocycles. The number of phosphoric acid groups is 2. The maximum absolute atomic E-state index is 12.0. The molecule has 0 aliphatic carbocycles. The standard InChI is InChI=1S/C13H21N5O12P2/c1-26-2-3-27-9-6(4-28-32(24,25)30-31(21,22)23)29-12(8(9)19)18-5-15-7-10(18)16-13(14)17-11(7)20/h5-6,8-9,12,19H,2-4H2,1H3,(H,24,25)(H2,21,22,23)(H3,14,16,17,20)/p-1/t6-,8?,9+,12-/m1/s1. The first-order chi connectivity index (χ1) is 14.9. The first-order valence-corrected chi connectivity index (χ1v) is 11.8. The van der Waals surface area contributed by atoms with Crippen molar-refractivity contribution >= 4 is 32.8 Å². The highest BCUT2D eigenvalue weighted by Gasteiger charge is 2.47. The van der Waals surface area contributed by atoms with Crippen LogP contribution < -0.4 is 16.2 Å². The molecule has 6 N–H and O–H groups in total. The molecule has 32 heavy (non-hydrogen) atoms. The number of rotatable bonds is 10. The maximum atomic E-state index is 12.0. The maximum Gasteiger partial charge on any atom is 0.478 e. The summed E-state index contributed by atoms with van der Waals surface area (Å²) in [6.07, 6.45) is -3.92. The zero-order valence-corrected chi connectivity index (χ0v) is 18.1. The number of hydrogen-bond donors (Lipinski definition) is 5. The van der Waals surface area contributed by atoms with Crippen LogP contribution in [0.3, 0.4) is 0 Å². The van der Waals surface area contributed by atoms with Crippen molar-refractivity contribution in [2.75, 3.05) is 32.7 Å². The van der Waals surface area contributed by atoms with Crippen molar-refractivity contribution in [3.63, 3.8) is 0 Å². The molecule has 1 saturated heterocycles. The van der Waals surface area contributed by atoms with Crippen LogP contribution in [0, 0.1) is 0 Å². The van der Waals surface area contributed by atoms with Crippen LogP contribution in [0.1, 0.15) is 6.23 Å². The van der Waals surface area contributed by atoms with E-state index in [1.54, 1.807) is 0 Å². The summed E-state index contributed by atoms with van der Waals surface area (Å²) in [6.45, 7) is -0.670. The van der Waals surface area contributed by atoms with Crippen molar-refractivity contribution in [1.82, 2.24) is 19.5 Å². The minimum atomic E-state index is -5.58. The molecule has 0 radical (unpaired) electrons. The molecular weight excluding hydrogens is 480 g/mol. The Hall–Kier alpha value is -1.75. The van der Waals surface area contributed by atoms with Crippen LogP contribution in [0.25, 0.3) is 11.2 Å². The van der Waals surface area contributed by atoms with Crippen molar-refractivity contribution in [3.8, 4) is 0 Å². The molecule has 19 heteroatoms. The number of nitrogen functional groups attached to an aromatic ring is 1. The van der Waals surface area contributed by atoms with Gasteiger partial charge < -0.3 is 39.7 Å². The summed E-state index contributed by atoms with van der Waals surface area (Å²) in [5, 5.41) is 10.8. The number of H-pyrrole nitrogens is 1. The van der Waals surface area contributed by atoms with E-state index in [1.807, 2.05) is 0 Å². The van der Waals surface area contributed by atoms with Crippen LogP contribution in [0.4, 0.5) is 5.95 Å². The summed E-state index contributed by atoms with van der Waals surface area (Å²) in [5.41, 5.74) is 4.82. The summed E-state index contributed by atoms with van der Waals surface area (Å²) < 4.78 is 47.9. The second kappa shape index (κ2) is 9.62. The number of ether oxygens (including phenoxy) is 3. The second-order valence-corrected chi connectivity index (χ2v) is 9.26. The predicted molar refractivity (Wildman–Crippen MR) is 101 cm³/mol. The van der Waals surface area contributed by atoms with Crippen LogP contribution in [-0.4, -0.2) is 79.7 Å². The van der Waals surface area contributed by atoms with Crippen molar-refractivity contribution in [2.45, 2.75) is 24.5 Å². The van der Waals surface area contributed by atoms with Crippen LogP contribution >= 0.6 is 15.6 Å². The summed E-state index contributed by atoms with van der Waals surface area (Å²) >= 11 is 0. The lowest BCUT2D eigenvalue weighted by Gasteiger charge is -2.23. The Morgan fingerprint density at radius 3 is 2.75 bits per heavy atom. The average Bonchev–Trinajstić information content (AvgIpc) is 3.20. The van der Waals surface area contributed by atoms with Crippen LogP contribution in [0.2, 0.25) is 0 Å². The minimum absolute atomic E-state index is 0.0139. The molecule has 1 fully saturated rings. The van der Waals surface area contributed by atoms with E-state index < -0.39 is 52.4 Å². The van der Waals surface area contributed by atoms with Gasteiger partial charge in [-0.15, -0.1) is 0 Å². The summed E-state index contributed by atoms with van der Waals surface area (Å²) in [4.78, 5) is 50.9. The van der Waals surface area contributed by atoms with Gasteiger partial charge in [-0.3, -0.25) is 23.4 Å². The number of phosphoric ester groups is 1. The number of hydrogen-bond acceptors (Lipinski definition) is 13. The number of imidazole rings is 1. The summed E-state index contributed by atoms with van der Waals surface area (Å²) in [6, 6.07) is 0. The van der Waals surface area contributed by atoms with E-state index in [2.05, 4.69) is 23.8 Å². The molecule has 0 spiro atoms. The molecule has 0 bridgehead atoms. The van der Waals surface area contributed by atoms with E-state index in [-0.39, 0.29) is 30.3 Å². The number of nitrogens with zero attached hydrogens (tertiary/aromatic N) is 3. The van der Waals surface area contributed by atoms with Crippen molar-refractivity contribution in [2.24, 2.45) is 0 Å². The van der Waals surface area contributed by atoms with Gasteiger partial charge in [-0.25, -0.2) is 13.9 Å². The quantitative estimate of drug-likeness (QED) is 0.168. The van der Waals surface area contributed by atoms with Crippen LogP contribution in [0.15, 0.2) is 11.1 Å². The van der Waals surface area contributed by atoms with Gasteiger partial charge in [0.05, 0.1) is 26.1 Å². The van der Waals surface area contributed by atoms with Crippen LogP contribution in [0.5, 0.6) is 0 Å². The number of fused-ring (bicyclic) bond motifs is 1. The zero-order valence-electron chi connectivity index (χ0n) is 16.3. The average molecular weight is 500 g/mol. The van der Waals surface area contributed by atoms with E-state index in [1.165, 1.54) is 11.7 Å². The number of aromatic nitrogens is 4. The molecule has 17 nitrogen and oxygen atoms in total. The van der Waals surface area contributed by atoms with E-state index in [0.717, 1.165) is 6.33 Å². The van der Waals surface area contributed by atoms with Crippen molar-refractivity contribution in [3.05, 3.63) is 16.7 Å². The molecule has 0 saturated carbocycles. The van der Waals surface area contributed by atoms with Gasteiger partial charge >= 0.3 is 7.82 Å². The first kappa shape index (κ1) is 24.9. The SMILES string of the molecule is COCCO[C@@H]1C(O)[C@H](n2cnc3c(=O)[nH]c(N)nc32)O[C@@H]1COP(=O)(O)OP(=O)([O-])O. The van der Waals surface area contributed by atoms with Gasteiger partial charge in [0.1, 0.15) is 18.3 Å². The minimum Gasteiger partial charge on any atom is -0.756 e. The normalized spacial score (nSPS) is 27.4. The largest absolute Gasteiger partial charge is 0.756 e. The number of nitrogens with one attached hydrogen (secondary N) is 1. The fourth-order valence-corrected chi connectivity index (χ4v) is 4.57. The summed E-state index contributed by atoms with van der Waals surface area (Å²) in [7, 11) is -9.40. The highest BCUT2D eigenvalue weighted by molar-refractivity contribution is 7.60. The lowest BCUT2D eigenvalue weighted by molar-refractivity contribution is -0.212. The lowest BCUT2D eigenvalue weighted by atomic mass is 10.1. The number of nitrogens with two attached hydrogens (primary N) is 1. The Balaban J connectivity index is 1.85. The topological polar surface area (TPSA) is 254 Å². The Morgan fingerprint density at radius 2 is 2.09 bits per heavy atom. The molecule has 3 rings (SSSR count). The molecule has 1 aliphatic rings. The highest BCUT2D eigenvalue weighted by Crippen LogP contribution is 2.55. The number of aliphatic hydroxyl groups excluding tert-OH is 1.